The minimum atomic E-state index is -0.249. The summed E-state index contributed by atoms with van der Waals surface area (Å²) in [7, 11) is 0. The van der Waals surface area contributed by atoms with E-state index in [4.69, 9.17) is 5.10 Å². The highest BCUT2D eigenvalue weighted by Crippen LogP contribution is 2.55. The number of carbonyl (C=O) groups excluding carboxylic acids is 1. The molecule has 1 N–H and O–H groups in total. The van der Waals surface area contributed by atoms with Gasteiger partial charge in [0, 0.05) is 12.2 Å². The number of urea groups is 1. The van der Waals surface area contributed by atoms with Crippen molar-refractivity contribution in [3.05, 3.63) is 119 Å². The number of hydrogen-bond acceptors (Lipinski definition) is 2. The zero-order valence-corrected chi connectivity index (χ0v) is 26.3. The molecule has 4 atom stereocenters. The second kappa shape index (κ2) is 12.4. The van der Waals surface area contributed by atoms with Crippen LogP contribution in [0.2, 0.25) is 0 Å². The zero-order chi connectivity index (χ0) is 30.8. The van der Waals surface area contributed by atoms with E-state index in [0.29, 0.717) is 18.4 Å². The van der Waals surface area contributed by atoms with E-state index in [2.05, 4.69) is 87.6 Å². The van der Waals surface area contributed by atoms with Crippen molar-refractivity contribution in [3.8, 4) is 5.69 Å². The van der Waals surface area contributed by atoms with Gasteiger partial charge in [-0.1, -0.05) is 80.8 Å². The predicted molar refractivity (Wildman–Crippen MR) is 176 cm³/mol. The van der Waals surface area contributed by atoms with E-state index in [1.807, 2.05) is 21.8 Å². The molecule has 3 aromatic carbocycles. The van der Waals surface area contributed by atoms with Crippen LogP contribution in [0.4, 0.5) is 14.9 Å². The molecule has 1 heterocycles. The molecule has 1 aromatic heterocycles. The number of carbonyl (C=O) groups is 1. The molecular formula is C38H43FN4O. The van der Waals surface area contributed by atoms with Gasteiger partial charge in [-0.2, -0.15) is 5.10 Å². The molecule has 0 spiro atoms. The molecule has 0 bridgehead atoms. The van der Waals surface area contributed by atoms with Crippen LogP contribution in [0.1, 0.15) is 74.9 Å². The first-order chi connectivity index (χ1) is 21.2. The Bertz CT molecular complexity index is 1630. The topological polar surface area (TPSA) is 50.2 Å². The van der Waals surface area contributed by atoms with Gasteiger partial charge in [-0.15, -0.1) is 0 Å². The van der Waals surface area contributed by atoms with Crippen molar-refractivity contribution in [2.24, 2.45) is 17.3 Å². The average Bonchev–Trinajstić information content (AvgIpc) is 3.58. The highest BCUT2D eigenvalue weighted by atomic mass is 19.1. The monoisotopic (exact) mass is 590 g/mol. The lowest BCUT2D eigenvalue weighted by Crippen LogP contribution is -2.44. The Morgan fingerprint density at radius 2 is 1.82 bits per heavy atom. The van der Waals surface area contributed by atoms with Gasteiger partial charge in [0.05, 0.1) is 23.6 Å². The number of nitrogens with one attached hydrogen (secondary N) is 1. The molecule has 228 valence electrons. The van der Waals surface area contributed by atoms with Crippen molar-refractivity contribution >= 4 is 17.8 Å². The summed E-state index contributed by atoms with van der Waals surface area (Å²) in [6, 6.07) is 25.0. The molecule has 6 rings (SSSR count). The molecule has 44 heavy (non-hydrogen) atoms. The van der Waals surface area contributed by atoms with Crippen molar-refractivity contribution in [2.45, 2.75) is 65.8 Å². The van der Waals surface area contributed by atoms with E-state index < -0.39 is 0 Å². The lowest BCUT2D eigenvalue weighted by atomic mass is 9.68. The van der Waals surface area contributed by atoms with Crippen LogP contribution in [-0.2, 0) is 6.42 Å². The third kappa shape index (κ3) is 5.95. The van der Waals surface area contributed by atoms with Crippen LogP contribution < -0.4 is 10.2 Å². The SMILES string of the molecule is CCC(C)CN(C(=O)NC(CC1CCC2=Cc3c(cnn3-c3ccc(F)cc3)CC21C)c1ccccc1)c1ccc(C)cc1. The summed E-state index contributed by atoms with van der Waals surface area (Å²) in [5.41, 5.74) is 7.83. The molecule has 5 nitrogen and oxygen atoms in total. The van der Waals surface area contributed by atoms with Gasteiger partial charge in [0.25, 0.3) is 0 Å². The van der Waals surface area contributed by atoms with Crippen molar-refractivity contribution in [3.63, 3.8) is 0 Å². The average molecular weight is 591 g/mol. The summed E-state index contributed by atoms with van der Waals surface area (Å²) < 4.78 is 15.5. The summed E-state index contributed by atoms with van der Waals surface area (Å²) in [4.78, 5) is 16.0. The molecule has 0 aliphatic heterocycles. The Kier molecular flexibility index (Phi) is 8.44. The van der Waals surface area contributed by atoms with E-state index in [1.54, 1.807) is 12.1 Å². The Labute approximate surface area is 260 Å². The molecule has 2 aliphatic carbocycles. The minimum Gasteiger partial charge on any atom is -0.331 e. The molecule has 4 aromatic rings. The normalized spacial score (nSPS) is 20.3. The van der Waals surface area contributed by atoms with Crippen LogP contribution in [0.25, 0.3) is 11.8 Å². The van der Waals surface area contributed by atoms with Crippen LogP contribution in [-0.4, -0.2) is 22.4 Å². The lowest BCUT2D eigenvalue weighted by molar-refractivity contribution is 0.218. The maximum absolute atomic E-state index is 14.1. The van der Waals surface area contributed by atoms with Crippen LogP contribution >= 0.6 is 0 Å². The smallest absolute Gasteiger partial charge is 0.322 e. The van der Waals surface area contributed by atoms with Gasteiger partial charge in [0.15, 0.2) is 0 Å². The quantitative estimate of drug-likeness (QED) is 0.211. The van der Waals surface area contributed by atoms with Gasteiger partial charge in [-0.25, -0.2) is 13.9 Å². The highest BCUT2D eigenvalue weighted by molar-refractivity contribution is 5.92. The van der Waals surface area contributed by atoms with Gasteiger partial charge in [-0.05, 0) is 103 Å². The van der Waals surface area contributed by atoms with Crippen molar-refractivity contribution in [1.29, 1.82) is 0 Å². The van der Waals surface area contributed by atoms with Crippen molar-refractivity contribution in [1.82, 2.24) is 15.1 Å². The van der Waals surface area contributed by atoms with E-state index in [1.165, 1.54) is 28.8 Å². The fourth-order valence-electron chi connectivity index (χ4n) is 7.05. The number of benzene rings is 3. The Morgan fingerprint density at radius 1 is 1.09 bits per heavy atom. The van der Waals surface area contributed by atoms with Gasteiger partial charge < -0.3 is 5.32 Å². The molecule has 2 aliphatic rings. The number of rotatable bonds is 9. The lowest BCUT2D eigenvalue weighted by Gasteiger charge is -2.38. The van der Waals surface area contributed by atoms with Crippen LogP contribution in [0.15, 0.2) is 90.6 Å². The second-order valence-electron chi connectivity index (χ2n) is 13.1. The Morgan fingerprint density at radius 3 is 2.52 bits per heavy atom. The number of anilines is 1. The van der Waals surface area contributed by atoms with Gasteiger partial charge in [0.2, 0.25) is 0 Å². The van der Waals surface area contributed by atoms with Crippen molar-refractivity contribution < 1.29 is 9.18 Å². The number of aryl methyl sites for hydroxylation is 1. The first-order valence-electron chi connectivity index (χ1n) is 16.0. The number of amides is 2. The minimum absolute atomic E-state index is 0.0191. The molecular weight excluding hydrogens is 547 g/mol. The number of aromatic nitrogens is 2. The van der Waals surface area contributed by atoms with E-state index in [9.17, 15) is 9.18 Å². The molecule has 4 unspecified atom stereocenters. The summed E-state index contributed by atoms with van der Waals surface area (Å²) in [5.74, 6) is 0.524. The fourth-order valence-corrected chi connectivity index (χ4v) is 7.05. The molecule has 0 saturated heterocycles. The van der Waals surface area contributed by atoms with E-state index >= 15 is 0 Å². The molecule has 1 saturated carbocycles. The molecule has 1 fully saturated rings. The maximum Gasteiger partial charge on any atom is 0.322 e. The number of hydrogen-bond donors (Lipinski definition) is 1. The molecule has 0 radical (unpaired) electrons. The molecule has 2 amide bonds. The second-order valence-corrected chi connectivity index (χ2v) is 13.1. The molecule has 6 heteroatoms. The third-order valence-corrected chi connectivity index (χ3v) is 10.0. The number of nitrogens with zero attached hydrogens (tertiary/aromatic N) is 3. The number of fused-ring (bicyclic) bond motifs is 2. The van der Waals surface area contributed by atoms with E-state index in [0.717, 1.165) is 54.7 Å². The van der Waals surface area contributed by atoms with Gasteiger partial charge >= 0.3 is 6.03 Å². The van der Waals surface area contributed by atoms with Gasteiger partial charge in [0.1, 0.15) is 5.82 Å². The van der Waals surface area contributed by atoms with E-state index in [-0.39, 0.29) is 23.3 Å². The first kappa shape index (κ1) is 29.9. The van der Waals surface area contributed by atoms with Crippen LogP contribution in [0.5, 0.6) is 0 Å². The highest BCUT2D eigenvalue weighted by Gasteiger charge is 2.46. The zero-order valence-electron chi connectivity index (χ0n) is 26.3. The van der Waals surface area contributed by atoms with Crippen molar-refractivity contribution in [2.75, 3.05) is 11.4 Å². The summed E-state index contributed by atoms with van der Waals surface area (Å²) in [6.45, 7) is 9.50. The predicted octanol–water partition coefficient (Wildman–Crippen LogP) is 9.07. The van der Waals surface area contributed by atoms with Crippen LogP contribution in [0.3, 0.4) is 0 Å². The number of allylic oxidation sites excluding steroid dienone is 1. The maximum atomic E-state index is 14.1. The summed E-state index contributed by atoms with van der Waals surface area (Å²) >= 11 is 0. The first-order valence-corrected chi connectivity index (χ1v) is 16.0. The summed E-state index contributed by atoms with van der Waals surface area (Å²) in [6.07, 6.45) is 9.15. The third-order valence-electron chi connectivity index (χ3n) is 10.0. The summed E-state index contributed by atoms with van der Waals surface area (Å²) in [5, 5.41) is 8.19. The Balaban J connectivity index is 1.26. The number of halogens is 1. The Hall–Kier alpha value is -4.19. The standard InChI is InChI=1S/C38H43FN4O/c1-5-26(2)25-42(33-17-11-27(3)12-18-33)37(44)41-35(28-9-7-6-8-10-28)21-30-13-14-31-22-36-29(23-38(30,31)4)24-40-43(36)34-19-15-32(39)16-20-34/h6-12,15-20,22,24,26,30,35H,5,13-14,21,23,25H2,1-4H3,(H,41,44). The fraction of sp³-hybridized carbons (Fsp3) is 0.368. The largest absolute Gasteiger partial charge is 0.331 e. The van der Waals surface area contributed by atoms with Gasteiger partial charge in [-0.3, -0.25) is 4.90 Å². The van der Waals surface area contributed by atoms with Crippen LogP contribution in [0, 0.1) is 30.0 Å².